The van der Waals surface area contributed by atoms with Crippen LogP contribution in [0, 0.1) is 5.41 Å². The Morgan fingerprint density at radius 3 is 2.25 bits per heavy atom. The van der Waals surface area contributed by atoms with Crippen molar-refractivity contribution in [2.75, 3.05) is 18.6 Å². The lowest BCUT2D eigenvalue weighted by Crippen LogP contribution is -2.41. The lowest BCUT2D eigenvalue weighted by molar-refractivity contribution is -0.149. The normalized spacial score (nSPS) is 20.2. The highest BCUT2D eigenvalue weighted by Crippen LogP contribution is 2.36. The predicted molar refractivity (Wildman–Crippen MR) is 74.7 cm³/mol. The Balaban J connectivity index is 2.19. The monoisotopic (exact) mass is 298 g/mol. The number of methoxy groups -OCH3 is 1. The number of carboxylic acid groups (broad SMARTS) is 1. The Labute approximate surface area is 118 Å². The van der Waals surface area contributed by atoms with Gasteiger partial charge in [0, 0.05) is 0 Å². The van der Waals surface area contributed by atoms with Crippen molar-refractivity contribution in [2.24, 2.45) is 5.41 Å². The molecule has 0 unspecified atom stereocenters. The maximum absolute atomic E-state index is 11.6. The lowest BCUT2D eigenvalue weighted by Gasteiger charge is -2.33. The fraction of sp³-hybridized carbons (Fsp3) is 0.500. The molecule has 0 aliphatic carbocycles. The SMILES string of the molecule is COc1ccc(CC2(C(=O)O)CCS(=O)(=O)CC2)cc1. The van der Waals surface area contributed by atoms with Crippen LogP contribution in [0.1, 0.15) is 18.4 Å². The first kappa shape index (κ1) is 14.8. The van der Waals surface area contributed by atoms with E-state index in [9.17, 15) is 18.3 Å². The molecule has 0 amide bonds. The predicted octanol–water partition coefficient (Wildman–Crippen LogP) is 1.52. The van der Waals surface area contributed by atoms with Gasteiger partial charge in [-0.3, -0.25) is 4.79 Å². The molecule has 1 saturated heterocycles. The van der Waals surface area contributed by atoms with Gasteiger partial charge in [-0.25, -0.2) is 8.42 Å². The number of hydrogen-bond donors (Lipinski definition) is 1. The number of hydrogen-bond acceptors (Lipinski definition) is 4. The first-order valence-corrected chi connectivity index (χ1v) is 8.26. The summed E-state index contributed by atoms with van der Waals surface area (Å²) in [5.41, 5.74) is -0.0904. The maximum atomic E-state index is 11.6. The quantitative estimate of drug-likeness (QED) is 0.911. The second kappa shape index (κ2) is 5.44. The zero-order chi connectivity index (χ0) is 14.8. The molecule has 0 aromatic heterocycles. The van der Waals surface area contributed by atoms with E-state index in [2.05, 4.69) is 0 Å². The molecule has 0 spiro atoms. The molecule has 0 saturated carbocycles. The summed E-state index contributed by atoms with van der Waals surface area (Å²) in [7, 11) is -1.50. The smallest absolute Gasteiger partial charge is 0.310 e. The Bertz CT molecular complexity index is 574. The van der Waals surface area contributed by atoms with Gasteiger partial charge in [-0.15, -0.1) is 0 Å². The van der Waals surface area contributed by atoms with Gasteiger partial charge >= 0.3 is 5.97 Å². The molecule has 2 rings (SSSR count). The van der Waals surface area contributed by atoms with Crippen molar-refractivity contribution in [3.05, 3.63) is 29.8 Å². The molecule has 1 aliphatic heterocycles. The number of aliphatic carboxylic acids is 1. The van der Waals surface area contributed by atoms with Crippen LogP contribution in [0.25, 0.3) is 0 Å². The number of carbonyl (C=O) groups is 1. The molecular formula is C14H18O5S. The van der Waals surface area contributed by atoms with Crippen LogP contribution < -0.4 is 4.74 Å². The molecule has 1 aliphatic rings. The molecule has 110 valence electrons. The minimum absolute atomic E-state index is 0.0462. The van der Waals surface area contributed by atoms with Crippen LogP contribution in [0.5, 0.6) is 5.75 Å². The van der Waals surface area contributed by atoms with E-state index in [-0.39, 0.29) is 24.3 Å². The number of sulfone groups is 1. The Morgan fingerprint density at radius 1 is 1.25 bits per heavy atom. The van der Waals surface area contributed by atoms with E-state index in [0.29, 0.717) is 12.2 Å². The molecule has 1 fully saturated rings. The second-order valence-electron chi connectivity index (χ2n) is 5.26. The highest BCUT2D eigenvalue weighted by atomic mass is 32.2. The Kier molecular flexibility index (Phi) is 4.04. The van der Waals surface area contributed by atoms with Gasteiger partial charge < -0.3 is 9.84 Å². The maximum Gasteiger partial charge on any atom is 0.310 e. The third kappa shape index (κ3) is 3.12. The summed E-state index contributed by atoms with van der Waals surface area (Å²) in [5.74, 6) is -0.294. The van der Waals surface area contributed by atoms with E-state index in [1.165, 1.54) is 0 Å². The molecule has 1 aromatic rings. The van der Waals surface area contributed by atoms with Crippen LogP contribution in [0.2, 0.25) is 0 Å². The molecule has 5 nitrogen and oxygen atoms in total. The average molecular weight is 298 g/mol. The highest BCUT2D eigenvalue weighted by molar-refractivity contribution is 7.91. The van der Waals surface area contributed by atoms with Gasteiger partial charge in [-0.2, -0.15) is 0 Å². The first-order chi connectivity index (χ1) is 9.37. The first-order valence-electron chi connectivity index (χ1n) is 6.44. The minimum Gasteiger partial charge on any atom is -0.497 e. The zero-order valence-corrected chi connectivity index (χ0v) is 12.1. The number of ether oxygens (including phenoxy) is 1. The highest BCUT2D eigenvalue weighted by Gasteiger charge is 2.43. The van der Waals surface area contributed by atoms with Gasteiger partial charge in [0.1, 0.15) is 15.6 Å². The molecule has 6 heteroatoms. The summed E-state index contributed by atoms with van der Waals surface area (Å²) in [5, 5.41) is 9.50. The van der Waals surface area contributed by atoms with Gasteiger partial charge in [0.2, 0.25) is 0 Å². The zero-order valence-electron chi connectivity index (χ0n) is 11.3. The summed E-state index contributed by atoms with van der Waals surface area (Å²) < 4.78 is 28.0. The van der Waals surface area contributed by atoms with Crippen molar-refractivity contribution in [1.29, 1.82) is 0 Å². The number of rotatable bonds is 4. The molecule has 0 atom stereocenters. The van der Waals surface area contributed by atoms with Crippen LogP contribution in [0.4, 0.5) is 0 Å². The molecule has 20 heavy (non-hydrogen) atoms. The number of benzene rings is 1. The molecule has 0 bridgehead atoms. The molecule has 0 radical (unpaired) electrons. The van der Waals surface area contributed by atoms with Gasteiger partial charge in [-0.1, -0.05) is 12.1 Å². The fourth-order valence-corrected chi connectivity index (χ4v) is 4.14. The third-order valence-corrected chi connectivity index (χ3v) is 5.59. The van der Waals surface area contributed by atoms with Crippen molar-refractivity contribution >= 4 is 15.8 Å². The molecular weight excluding hydrogens is 280 g/mol. The lowest BCUT2D eigenvalue weighted by atomic mass is 9.76. The summed E-state index contributed by atoms with van der Waals surface area (Å²) in [6, 6.07) is 7.22. The number of carboxylic acids is 1. The van der Waals surface area contributed by atoms with E-state index in [1.54, 1.807) is 19.2 Å². The standard InChI is InChI=1S/C14H18O5S/c1-19-12-4-2-11(3-5-12)10-14(13(15)16)6-8-20(17,18)9-7-14/h2-5H,6-10H2,1H3,(H,15,16). The van der Waals surface area contributed by atoms with Gasteiger partial charge in [0.25, 0.3) is 0 Å². The van der Waals surface area contributed by atoms with E-state index in [1.807, 2.05) is 12.1 Å². The molecule has 1 aromatic carbocycles. The van der Waals surface area contributed by atoms with Crippen LogP contribution in [0.15, 0.2) is 24.3 Å². The van der Waals surface area contributed by atoms with E-state index >= 15 is 0 Å². The van der Waals surface area contributed by atoms with Crippen LogP contribution in [0.3, 0.4) is 0 Å². The van der Waals surface area contributed by atoms with Gasteiger partial charge in [0.15, 0.2) is 0 Å². The molecule has 1 heterocycles. The van der Waals surface area contributed by atoms with E-state index < -0.39 is 21.2 Å². The Morgan fingerprint density at radius 2 is 1.80 bits per heavy atom. The van der Waals surface area contributed by atoms with Crippen LogP contribution in [-0.4, -0.2) is 38.1 Å². The summed E-state index contributed by atoms with van der Waals surface area (Å²) >= 11 is 0. The summed E-state index contributed by atoms with van der Waals surface area (Å²) in [4.78, 5) is 11.6. The van der Waals surface area contributed by atoms with Gasteiger partial charge in [-0.05, 0) is 37.0 Å². The van der Waals surface area contributed by atoms with Crippen molar-refractivity contribution < 1.29 is 23.1 Å². The van der Waals surface area contributed by atoms with Crippen LogP contribution >= 0.6 is 0 Å². The van der Waals surface area contributed by atoms with Crippen molar-refractivity contribution in [3.63, 3.8) is 0 Å². The van der Waals surface area contributed by atoms with Crippen LogP contribution in [-0.2, 0) is 21.1 Å². The largest absolute Gasteiger partial charge is 0.497 e. The topological polar surface area (TPSA) is 80.7 Å². The molecule has 1 N–H and O–H groups in total. The summed E-state index contributed by atoms with van der Waals surface area (Å²) in [6.07, 6.45) is 0.704. The Hall–Kier alpha value is -1.56. The fourth-order valence-electron chi connectivity index (χ4n) is 2.53. The van der Waals surface area contributed by atoms with E-state index in [4.69, 9.17) is 4.74 Å². The van der Waals surface area contributed by atoms with E-state index in [0.717, 1.165) is 5.56 Å². The second-order valence-corrected chi connectivity index (χ2v) is 7.57. The third-order valence-electron chi connectivity index (χ3n) is 3.94. The minimum atomic E-state index is -3.07. The average Bonchev–Trinajstić information content (AvgIpc) is 2.42. The van der Waals surface area contributed by atoms with Gasteiger partial charge in [0.05, 0.1) is 24.0 Å². The van der Waals surface area contributed by atoms with Crippen molar-refractivity contribution in [1.82, 2.24) is 0 Å². The van der Waals surface area contributed by atoms with Crippen molar-refractivity contribution in [3.8, 4) is 5.75 Å². The summed E-state index contributed by atoms with van der Waals surface area (Å²) in [6.45, 7) is 0. The van der Waals surface area contributed by atoms with Crippen molar-refractivity contribution in [2.45, 2.75) is 19.3 Å².